The van der Waals surface area contributed by atoms with E-state index in [9.17, 15) is 4.79 Å². The minimum absolute atomic E-state index is 0. The fraction of sp³-hybridized carbons (Fsp3) is 0.182. The summed E-state index contributed by atoms with van der Waals surface area (Å²) in [6, 6.07) is 6.76. The first-order valence-corrected chi connectivity index (χ1v) is 5.34. The predicted octanol–water partition coefficient (Wildman–Crippen LogP) is 3.13. The molecule has 0 atom stereocenters. The molecule has 6 heteroatoms. The summed E-state index contributed by atoms with van der Waals surface area (Å²) >= 11 is 11.1. The Bertz CT molecular complexity index is 429. The van der Waals surface area contributed by atoms with Crippen LogP contribution in [0, 0.1) is 11.8 Å². The molecule has 0 fully saturated rings. The fourth-order valence-electron chi connectivity index (χ4n) is 0.920. The number of hydrogen-bond donors (Lipinski definition) is 1. The van der Waals surface area contributed by atoms with Crippen LogP contribution in [0.25, 0.3) is 0 Å². The third-order valence-corrected chi connectivity index (χ3v) is 1.91. The van der Waals surface area contributed by atoms with Crippen molar-refractivity contribution in [1.29, 1.82) is 0 Å². The first-order chi connectivity index (χ1) is 7.72. The molecule has 0 unspecified atom stereocenters. The van der Waals surface area contributed by atoms with E-state index in [0.29, 0.717) is 10.7 Å². The molecular weight excluding hydrogens is 357 g/mol. The zero-order valence-electron chi connectivity index (χ0n) is 8.60. The Labute approximate surface area is 125 Å². The van der Waals surface area contributed by atoms with Gasteiger partial charge in [-0.2, -0.15) is 0 Å². The first kappa shape index (κ1) is 16.4. The normalized spacial score (nSPS) is 8.35. The summed E-state index contributed by atoms with van der Waals surface area (Å²) in [7, 11) is 0. The number of amides is 1. The van der Waals surface area contributed by atoms with E-state index in [2.05, 4.69) is 17.2 Å². The van der Waals surface area contributed by atoms with E-state index in [1.165, 1.54) is 0 Å². The largest absolute Gasteiger partial charge is 0.436 e. The standard InChI is InChI=1S/C11H9Cl2NO2.Ag/c12-6-1-2-7-16-11(15)14-10-5-3-4-9(13)8-10;/h3-5,8H,6-7H2,(H,14,15);. The van der Waals surface area contributed by atoms with Gasteiger partial charge in [0, 0.05) is 33.1 Å². The van der Waals surface area contributed by atoms with Crippen molar-refractivity contribution in [2.45, 2.75) is 0 Å². The van der Waals surface area contributed by atoms with Crippen molar-refractivity contribution in [2.24, 2.45) is 0 Å². The van der Waals surface area contributed by atoms with E-state index in [-0.39, 0.29) is 34.9 Å². The molecule has 1 rings (SSSR count). The second-order valence-corrected chi connectivity index (χ2v) is 3.40. The van der Waals surface area contributed by atoms with Crippen LogP contribution in [0.3, 0.4) is 0 Å². The molecule has 1 radical (unpaired) electrons. The number of alkyl halides is 1. The van der Waals surface area contributed by atoms with Gasteiger partial charge in [-0.15, -0.1) is 11.6 Å². The van der Waals surface area contributed by atoms with E-state index in [1.807, 2.05) is 0 Å². The van der Waals surface area contributed by atoms with Crippen LogP contribution in [0.5, 0.6) is 0 Å². The Morgan fingerprint density at radius 3 is 2.82 bits per heavy atom. The molecule has 1 amide bonds. The van der Waals surface area contributed by atoms with Crippen molar-refractivity contribution < 1.29 is 31.9 Å². The monoisotopic (exact) mass is 364 g/mol. The molecule has 0 aliphatic heterocycles. The number of carbonyl (C=O) groups excluding carboxylic acids is 1. The molecule has 1 aromatic carbocycles. The number of hydrogen-bond acceptors (Lipinski definition) is 2. The maximum absolute atomic E-state index is 11.2. The summed E-state index contributed by atoms with van der Waals surface area (Å²) in [5.74, 6) is 5.36. The molecule has 0 saturated carbocycles. The van der Waals surface area contributed by atoms with Crippen molar-refractivity contribution in [3.63, 3.8) is 0 Å². The third-order valence-electron chi connectivity index (χ3n) is 1.54. The van der Waals surface area contributed by atoms with Crippen molar-refractivity contribution >= 4 is 35.0 Å². The van der Waals surface area contributed by atoms with Gasteiger partial charge in [0.05, 0.1) is 5.88 Å². The number of ether oxygens (including phenoxy) is 1. The maximum atomic E-state index is 11.2. The van der Waals surface area contributed by atoms with Crippen LogP contribution in [0.15, 0.2) is 24.3 Å². The minimum atomic E-state index is -0.578. The number of benzene rings is 1. The zero-order valence-corrected chi connectivity index (χ0v) is 11.6. The number of halogens is 2. The van der Waals surface area contributed by atoms with Gasteiger partial charge in [0.1, 0.15) is 0 Å². The summed E-state index contributed by atoms with van der Waals surface area (Å²) < 4.78 is 4.76. The van der Waals surface area contributed by atoms with Crippen LogP contribution in [0.4, 0.5) is 10.5 Å². The van der Waals surface area contributed by atoms with Crippen LogP contribution in [-0.2, 0) is 27.1 Å². The summed E-state index contributed by atoms with van der Waals surface area (Å²) in [5.41, 5.74) is 0.572. The maximum Gasteiger partial charge on any atom is 0.412 e. The van der Waals surface area contributed by atoms with Crippen LogP contribution in [0.1, 0.15) is 0 Å². The Hall–Kier alpha value is -0.630. The number of nitrogens with one attached hydrogen (secondary N) is 1. The van der Waals surface area contributed by atoms with Gasteiger partial charge in [-0.3, -0.25) is 5.32 Å². The van der Waals surface area contributed by atoms with Crippen molar-refractivity contribution in [3.05, 3.63) is 29.3 Å². The van der Waals surface area contributed by atoms with Crippen molar-refractivity contribution in [3.8, 4) is 11.8 Å². The number of carbonyl (C=O) groups is 1. The van der Waals surface area contributed by atoms with Crippen LogP contribution >= 0.6 is 23.2 Å². The molecule has 1 aromatic rings. The zero-order chi connectivity index (χ0) is 11.8. The second kappa shape index (κ2) is 9.41. The Morgan fingerprint density at radius 1 is 1.41 bits per heavy atom. The molecule has 0 aliphatic rings. The van der Waals surface area contributed by atoms with Gasteiger partial charge in [0.2, 0.25) is 0 Å². The summed E-state index contributed by atoms with van der Waals surface area (Å²) in [6.45, 7) is 0.0130. The quantitative estimate of drug-likeness (QED) is 0.496. The summed E-state index contributed by atoms with van der Waals surface area (Å²) in [5, 5.41) is 3.05. The molecule has 0 heterocycles. The molecule has 0 aliphatic carbocycles. The van der Waals surface area contributed by atoms with E-state index in [1.54, 1.807) is 24.3 Å². The first-order valence-electron chi connectivity index (χ1n) is 4.43. The minimum Gasteiger partial charge on any atom is -0.436 e. The van der Waals surface area contributed by atoms with Crippen molar-refractivity contribution in [1.82, 2.24) is 0 Å². The topological polar surface area (TPSA) is 38.3 Å². The van der Waals surface area contributed by atoms with Gasteiger partial charge in [0.15, 0.2) is 6.61 Å². The van der Waals surface area contributed by atoms with Gasteiger partial charge in [-0.25, -0.2) is 4.79 Å². The summed E-state index contributed by atoms with van der Waals surface area (Å²) in [6.07, 6.45) is -0.578. The van der Waals surface area contributed by atoms with Gasteiger partial charge in [0.25, 0.3) is 0 Å². The van der Waals surface area contributed by atoms with Crippen molar-refractivity contribution in [2.75, 3.05) is 17.8 Å². The average Bonchev–Trinajstić information content (AvgIpc) is 2.24. The fourth-order valence-corrected chi connectivity index (χ4v) is 1.20. The predicted molar refractivity (Wildman–Crippen MR) is 64.9 cm³/mol. The molecule has 17 heavy (non-hydrogen) atoms. The van der Waals surface area contributed by atoms with Gasteiger partial charge < -0.3 is 4.74 Å². The van der Waals surface area contributed by atoms with Crippen LogP contribution in [-0.4, -0.2) is 18.6 Å². The molecule has 0 saturated heterocycles. The number of anilines is 1. The van der Waals surface area contributed by atoms with Gasteiger partial charge in [-0.1, -0.05) is 29.5 Å². The third kappa shape index (κ3) is 7.32. The van der Waals surface area contributed by atoms with Crippen LogP contribution in [0.2, 0.25) is 5.02 Å². The average molecular weight is 366 g/mol. The molecule has 0 bridgehead atoms. The SMILES string of the molecule is O=C(Nc1cccc(Cl)c1)OCC#CCCl.[Ag]. The van der Waals surface area contributed by atoms with E-state index in [0.717, 1.165) is 0 Å². The molecule has 0 aromatic heterocycles. The van der Waals surface area contributed by atoms with E-state index < -0.39 is 6.09 Å². The van der Waals surface area contributed by atoms with Gasteiger partial charge in [-0.05, 0) is 18.2 Å². The molecule has 3 nitrogen and oxygen atoms in total. The molecule has 95 valence electrons. The smallest absolute Gasteiger partial charge is 0.412 e. The van der Waals surface area contributed by atoms with E-state index in [4.69, 9.17) is 27.9 Å². The molecular formula is C11H9AgCl2NO2. The van der Waals surface area contributed by atoms with Crippen LogP contribution < -0.4 is 5.32 Å². The molecule has 0 spiro atoms. The summed E-state index contributed by atoms with van der Waals surface area (Å²) in [4.78, 5) is 11.2. The number of rotatable bonds is 2. The Balaban J connectivity index is 0.00000256. The van der Waals surface area contributed by atoms with E-state index >= 15 is 0 Å². The molecule has 1 N–H and O–H groups in total. The Kier molecular flexibility index (Phi) is 9.06. The van der Waals surface area contributed by atoms with Gasteiger partial charge >= 0.3 is 6.09 Å². The second-order valence-electron chi connectivity index (χ2n) is 2.70. The Morgan fingerprint density at radius 2 is 2.18 bits per heavy atom.